The van der Waals surface area contributed by atoms with Crippen molar-refractivity contribution in [3.8, 4) is 17.1 Å². The summed E-state index contributed by atoms with van der Waals surface area (Å²) in [6, 6.07) is 7.83. The fourth-order valence-electron chi connectivity index (χ4n) is 2.88. The van der Waals surface area contributed by atoms with Gasteiger partial charge in [-0.3, -0.25) is 0 Å². The van der Waals surface area contributed by atoms with Gasteiger partial charge < -0.3 is 20.8 Å². The SMILES string of the molecule is CSCCCOc1cc(C)c(-c2nc3ccc(CO)cn3n2)c(C)c1.O.O. The van der Waals surface area contributed by atoms with E-state index in [9.17, 15) is 5.11 Å². The Bertz CT molecular complexity index is 860. The van der Waals surface area contributed by atoms with Gasteiger partial charge in [-0.1, -0.05) is 6.07 Å². The lowest BCUT2D eigenvalue weighted by Gasteiger charge is -2.11. The van der Waals surface area contributed by atoms with Crippen LogP contribution in [0.3, 0.4) is 0 Å². The number of thioether (sulfide) groups is 1. The summed E-state index contributed by atoms with van der Waals surface area (Å²) in [5, 5.41) is 13.8. The van der Waals surface area contributed by atoms with Crippen LogP contribution >= 0.6 is 11.8 Å². The van der Waals surface area contributed by atoms with Gasteiger partial charge in [0.25, 0.3) is 0 Å². The zero-order valence-electron chi connectivity index (χ0n) is 15.8. The fraction of sp³-hybridized carbons (Fsp3) is 0.368. The van der Waals surface area contributed by atoms with Crippen LogP contribution in [0, 0.1) is 13.8 Å². The smallest absolute Gasteiger partial charge is 0.182 e. The second-order valence-corrected chi connectivity index (χ2v) is 7.05. The van der Waals surface area contributed by atoms with E-state index >= 15 is 0 Å². The summed E-state index contributed by atoms with van der Waals surface area (Å²) in [5.74, 6) is 2.70. The maximum absolute atomic E-state index is 9.27. The molecule has 0 atom stereocenters. The molecule has 0 fully saturated rings. The average molecular weight is 394 g/mol. The van der Waals surface area contributed by atoms with Gasteiger partial charge in [0.1, 0.15) is 5.75 Å². The molecule has 8 heteroatoms. The Morgan fingerprint density at radius 3 is 2.48 bits per heavy atom. The van der Waals surface area contributed by atoms with E-state index in [4.69, 9.17) is 4.74 Å². The third kappa shape index (κ3) is 5.20. The van der Waals surface area contributed by atoms with Gasteiger partial charge in [-0.25, -0.2) is 9.50 Å². The quantitative estimate of drug-likeness (QED) is 0.615. The van der Waals surface area contributed by atoms with Crippen LogP contribution in [0.15, 0.2) is 30.5 Å². The van der Waals surface area contributed by atoms with Crippen molar-refractivity contribution >= 4 is 17.4 Å². The number of aromatic nitrogens is 3. The number of aliphatic hydroxyl groups is 1. The number of rotatable bonds is 7. The van der Waals surface area contributed by atoms with E-state index in [0.717, 1.165) is 52.4 Å². The summed E-state index contributed by atoms with van der Waals surface area (Å²) in [4.78, 5) is 4.62. The first-order valence-corrected chi connectivity index (χ1v) is 9.71. The van der Waals surface area contributed by atoms with Crippen molar-refractivity contribution in [2.45, 2.75) is 26.9 Å². The Hall–Kier alpha value is -2.13. The monoisotopic (exact) mass is 393 g/mol. The van der Waals surface area contributed by atoms with E-state index in [0.29, 0.717) is 5.82 Å². The van der Waals surface area contributed by atoms with Crippen LogP contribution in [0.2, 0.25) is 0 Å². The molecule has 2 heterocycles. The minimum absolute atomic E-state index is 0. The van der Waals surface area contributed by atoms with Crippen molar-refractivity contribution in [1.82, 2.24) is 14.6 Å². The molecule has 27 heavy (non-hydrogen) atoms. The molecular weight excluding hydrogens is 366 g/mol. The lowest BCUT2D eigenvalue weighted by Crippen LogP contribution is -2.00. The first kappa shape index (κ1) is 22.9. The van der Waals surface area contributed by atoms with Crippen LogP contribution in [0.1, 0.15) is 23.1 Å². The second-order valence-electron chi connectivity index (χ2n) is 6.06. The molecule has 0 aliphatic heterocycles. The molecule has 5 N–H and O–H groups in total. The van der Waals surface area contributed by atoms with Crippen LogP contribution in [0.4, 0.5) is 0 Å². The number of benzene rings is 1. The summed E-state index contributed by atoms with van der Waals surface area (Å²) < 4.78 is 7.58. The Balaban J connectivity index is 0.00000182. The van der Waals surface area contributed by atoms with Gasteiger partial charge in [0.05, 0.1) is 13.2 Å². The number of hydrogen-bond acceptors (Lipinski definition) is 5. The number of ether oxygens (including phenoxy) is 1. The fourth-order valence-corrected chi connectivity index (χ4v) is 3.28. The van der Waals surface area contributed by atoms with Crippen molar-refractivity contribution < 1.29 is 20.8 Å². The largest absolute Gasteiger partial charge is 0.494 e. The highest BCUT2D eigenvalue weighted by Crippen LogP contribution is 2.29. The maximum atomic E-state index is 9.27. The molecular formula is C19H27N3O4S. The van der Waals surface area contributed by atoms with E-state index in [2.05, 4.69) is 30.2 Å². The second kappa shape index (κ2) is 10.3. The molecule has 0 saturated heterocycles. The molecule has 0 radical (unpaired) electrons. The molecule has 0 amide bonds. The van der Waals surface area contributed by atoms with Crippen LogP contribution < -0.4 is 4.74 Å². The van der Waals surface area contributed by atoms with Gasteiger partial charge in [-0.15, -0.1) is 5.10 Å². The average Bonchev–Trinajstić information content (AvgIpc) is 3.00. The maximum Gasteiger partial charge on any atom is 0.182 e. The van der Waals surface area contributed by atoms with Crippen LogP contribution in [0.25, 0.3) is 17.0 Å². The molecule has 0 aliphatic carbocycles. The number of pyridine rings is 1. The summed E-state index contributed by atoms with van der Waals surface area (Å²) in [7, 11) is 0. The Morgan fingerprint density at radius 1 is 1.15 bits per heavy atom. The lowest BCUT2D eigenvalue weighted by atomic mass is 10.0. The summed E-state index contributed by atoms with van der Waals surface area (Å²) in [6.45, 7) is 4.84. The van der Waals surface area contributed by atoms with E-state index in [-0.39, 0.29) is 17.6 Å². The summed E-state index contributed by atoms with van der Waals surface area (Å²) in [5.41, 5.74) is 4.80. The van der Waals surface area contributed by atoms with Crippen molar-refractivity contribution in [3.05, 3.63) is 47.2 Å². The zero-order valence-corrected chi connectivity index (χ0v) is 16.6. The number of nitrogens with zero attached hydrogens (tertiary/aromatic N) is 3. The van der Waals surface area contributed by atoms with E-state index < -0.39 is 0 Å². The molecule has 148 valence electrons. The van der Waals surface area contributed by atoms with Gasteiger partial charge in [0.2, 0.25) is 0 Å². The van der Waals surface area contributed by atoms with Gasteiger partial charge in [-0.2, -0.15) is 11.8 Å². The standard InChI is InChI=1S/C19H23N3O2S.2H2O/c1-13-9-16(24-7-4-8-25-3)10-14(2)18(13)19-20-17-6-5-15(12-23)11-22(17)21-19;;/h5-6,9-11,23H,4,7-8,12H2,1-3H3;2*1H2. The van der Waals surface area contributed by atoms with E-state index in [1.165, 1.54) is 0 Å². The van der Waals surface area contributed by atoms with Gasteiger partial charge in [0, 0.05) is 11.8 Å². The molecule has 0 spiro atoms. The first-order valence-electron chi connectivity index (χ1n) is 8.32. The number of fused-ring (bicyclic) bond motifs is 1. The van der Waals surface area contributed by atoms with Crippen LogP contribution in [-0.4, -0.2) is 49.3 Å². The highest BCUT2D eigenvalue weighted by Gasteiger charge is 2.14. The number of aliphatic hydroxyl groups excluding tert-OH is 1. The number of hydrogen-bond donors (Lipinski definition) is 1. The first-order chi connectivity index (χ1) is 12.1. The van der Waals surface area contributed by atoms with Crippen molar-refractivity contribution in [1.29, 1.82) is 0 Å². The molecule has 2 aromatic heterocycles. The zero-order chi connectivity index (χ0) is 17.8. The molecule has 0 unspecified atom stereocenters. The minimum Gasteiger partial charge on any atom is -0.494 e. The van der Waals surface area contributed by atoms with Crippen molar-refractivity contribution in [2.75, 3.05) is 18.6 Å². The van der Waals surface area contributed by atoms with Crippen molar-refractivity contribution in [2.24, 2.45) is 0 Å². The molecule has 1 aromatic carbocycles. The predicted molar refractivity (Wildman–Crippen MR) is 110 cm³/mol. The predicted octanol–water partition coefficient (Wildman–Crippen LogP) is 1.99. The Kier molecular flexibility index (Phi) is 8.71. The summed E-state index contributed by atoms with van der Waals surface area (Å²) >= 11 is 1.83. The normalized spacial score (nSPS) is 10.4. The van der Waals surface area contributed by atoms with Gasteiger partial charge in [0.15, 0.2) is 11.5 Å². The van der Waals surface area contributed by atoms with Gasteiger partial charge in [-0.05, 0) is 67.2 Å². The van der Waals surface area contributed by atoms with Crippen molar-refractivity contribution in [3.63, 3.8) is 0 Å². The molecule has 0 saturated carbocycles. The Morgan fingerprint density at radius 2 is 1.85 bits per heavy atom. The lowest BCUT2D eigenvalue weighted by molar-refractivity contribution is 0.281. The topological polar surface area (TPSA) is 123 Å². The van der Waals surface area contributed by atoms with E-state index in [1.807, 2.05) is 36.0 Å². The molecule has 3 rings (SSSR count). The van der Waals surface area contributed by atoms with Crippen LogP contribution in [-0.2, 0) is 6.61 Å². The Labute approximate surface area is 163 Å². The summed E-state index contributed by atoms with van der Waals surface area (Å²) in [6.07, 6.45) is 4.95. The van der Waals surface area contributed by atoms with Gasteiger partial charge >= 0.3 is 0 Å². The third-order valence-electron chi connectivity index (χ3n) is 4.07. The number of aryl methyl sites for hydroxylation is 2. The highest BCUT2D eigenvalue weighted by atomic mass is 32.2. The molecule has 0 aliphatic rings. The third-order valence-corrected chi connectivity index (χ3v) is 4.76. The van der Waals surface area contributed by atoms with Crippen LogP contribution in [0.5, 0.6) is 5.75 Å². The highest BCUT2D eigenvalue weighted by molar-refractivity contribution is 7.98. The molecule has 3 aromatic rings. The molecule has 7 nitrogen and oxygen atoms in total. The molecule has 0 bridgehead atoms. The minimum atomic E-state index is -0.00817. The van der Waals surface area contributed by atoms with E-state index in [1.54, 1.807) is 10.7 Å².